The van der Waals surface area contributed by atoms with E-state index in [1.165, 1.54) is 0 Å². The minimum Gasteiger partial charge on any atom is -0.324 e. The molecule has 1 N–H and O–H groups in total. The van der Waals surface area contributed by atoms with Crippen molar-refractivity contribution < 1.29 is 17.1 Å². The Labute approximate surface area is 148 Å². The molecule has 0 saturated heterocycles. The Morgan fingerprint density at radius 2 is 1.04 bits per heavy atom. The van der Waals surface area contributed by atoms with Gasteiger partial charge in [-0.25, -0.2) is 19.9 Å². The van der Waals surface area contributed by atoms with Crippen LogP contribution >= 0.6 is 0 Å². The van der Waals surface area contributed by atoms with Crippen LogP contribution in [0.25, 0.3) is 0 Å². The van der Waals surface area contributed by atoms with Gasteiger partial charge >= 0.3 is 17.1 Å². The van der Waals surface area contributed by atoms with Gasteiger partial charge in [0.05, 0.1) is 0 Å². The maximum absolute atomic E-state index is 4.45. The van der Waals surface area contributed by atoms with Crippen LogP contribution in [0.3, 0.4) is 0 Å². The maximum Gasteiger partial charge on any atom is 2.00 e. The molecule has 0 aliphatic carbocycles. The van der Waals surface area contributed by atoms with Crippen LogP contribution in [0.15, 0.2) is 71.2 Å². The topological polar surface area (TPSA) is 88.3 Å². The van der Waals surface area contributed by atoms with E-state index in [1.54, 1.807) is 36.9 Å². The van der Waals surface area contributed by atoms with Gasteiger partial charge in [-0.2, -0.15) is 9.98 Å². The standard InChI is InChI=1S/C16H11N7.Fe/c1-2-6-12-11(5-1)13(22-15-17-7-3-8-18-15)21-14(12)23-16-19-9-4-10-20-16;/h1-10H,(H,17,18,19,20,21,22,23);/q;+2. The molecule has 0 fully saturated rings. The summed E-state index contributed by atoms with van der Waals surface area (Å²) in [6, 6.07) is 11.3. The summed E-state index contributed by atoms with van der Waals surface area (Å²) in [7, 11) is 0. The molecule has 24 heavy (non-hydrogen) atoms. The molecule has 4 rings (SSSR count). The number of fused-ring (bicyclic) bond motifs is 1. The molecule has 7 nitrogen and oxygen atoms in total. The molecule has 0 amide bonds. The van der Waals surface area contributed by atoms with Crippen LogP contribution in [0.5, 0.6) is 0 Å². The van der Waals surface area contributed by atoms with E-state index in [2.05, 4.69) is 35.2 Å². The number of nitrogens with one attached hydrogen (secondary N) is 1. The molecule has 0 radical (unpaired) electrons. The van der Waals surface area contributed by atoms with Crippen molar-refractivity contribution in [3.05, 3.63) is 72.3 Å². The van der Waals surface area contributed by atoms with Crippen LogP contribution in [0.1, 0.15) is 11.1 Å². The molecule has 116 valence electrons. The zero-order chi connectivity index (χ0) is 15.5. The molecule has 1 aliphatic rings. The molecule has 0 atom stereocenters. The molecule has 8 heteroatoms. The van der Waals surface area contributed by atoms with Gasteiger partial charge in [-0.05, 0) is 12.1 Å². The first kappa shape index (κ1) is 15.9. The van der Waals surface area contributed by atoms with Gasteiger partial charge in [-0.15, -0.1) is 0 Å². The molecule has 0 saturated carbocycles. The van der Waals surface area contributed by atoms with E-state index in [-0.39, 0.29) is 17.1 Å². The number of benzene rings is 1. The largest absolute Gasteiger partial charge is 2.00 e. The third-order valence-corrected chi connectivity index (χ3v) is 3.20. The average Bonchev–Trinajstić information content (AvgIpc) is 2.95. The van der Waals surface area contributed by atoms with Crippen molar-refractivity contribution in [1.82, 2.24) is 25.3 Å². The Morgan fingerprint density at radius 3 is 1.46 bits per heavy atom. The Kier molecular flexibility index (Phi) is 4.69. The molecule has 0 unspecified atom stereocenters. The predicted molar refractivity (Wildman–Crippen MR) is 86.0 cm³/mol. The molecule has 2 aromatic heterocycles. The van der Waals surface area contributed by atoms with Gasteiger partial charge in [0.2, 0.25) is 0 Å². The summed E-state index contributed by atoms with van der Waals surface area (Å²) < 4.78 is 0. The summed E-state index contributed by atoms with van der Waals surface area (Å²) >= 11 is 0. The smallest absolute Gasteiger partial charge is 0.324 e. The maximum atomic E-state index is 4.45. The van der Waals surface area contributed by atoms with Gasteiger partial charge < -0.3 is 5.32 Å². The summed E-state index contributed by atoms with van der Waals surface area (Å²) in [4.78, 5) is 25.4. The fourth-order valence-electron chi connectivity index (χ4n) is 2.22. The number of hydrogen-bond donors (Lipinski definition) is 1. The van der Waals surface area contributed by atoms with Gasteiger partial charge in [0.1, 0.15) is 11.7 Å². The number of aliphatic imine (C=N–C) groups is 2. The van der Waals surface area contributed by atoms with Crippen LogP contribution in [-0.4, -0.2) is 31.6 Å². The molecular formula is C16H11FeN7+2. The zero-order valence-corrected chi connectivity index (χ0v) is 13.4. The summed E-state index contributed by atoms with van der Waals surface area (Å²) in [5.74, 6) is 2.09. The molecule has 3 aromatic rings. The first-order chi connectivity index (χ1) is 11.4. The van der Waals surface area contributed by atoms with Crippen LogP contribution in [-0.2, 0) is 17.1 Å². The monoisotopic (exact) mass is 357 g/mol. The van der Waals surface area contributed by atoms with Crippen molar-refractivity contribution in [2.24, 2.45) is 9.98 Å². The van der Waals surface area contributed by atoms with E-state index in [4.69, 9.17) is 0 Å². The van der Waals surface area contributed by atoms with Crippen molar-refractivity contribution in [3.8, 4) is 0 Å². The average molecular weight is 357 g/mol. The summed E-state index contributed by atoms with van der Waals surface area (Å²) in [5, 5.41) is 3.19. The van der Waals surface area contributed by atoms with Crippen LogP contribution < -0.4 is 5.32 Å². The Balaban J connectivity index is 0.00000169. The number of nitrogens with zero attached hydrogens (tertiary/aromatic N) is 6. The zero-order valence-electron chi connectivity index (χ0n) is 12.3. The number of rotatable bonds is 2. The molecule has 0 bridgehead atoms. The van der Waals surface area contributed by atoms with E-state index >= 15 is 0 Å². The molecule has 0 spiro atoms. The third-order valence-electron chi connectivity index (χ3n) is 3.20. The van der Waals surface area contributed by atoms with Gasteiger partial charge in [0.25, 0.3) is 11.9 Å². The van der Waals surface area contributed by atoms with Crippen molar-refractivity contribution >= 4 is 23.6 Å². The van der Waals surface area contributed by atoms with Gasteiger partial charge in [-0.1, -0.05) is 24.3 Å². The quantitative estimate of drug-likeness (QED) is 0.709. The van der Waals surface area contributed by atoms with Crippen molar-refractivity contribution in [3.63, 3.8) is 0 Å². The second-order valence-electron chi connectivity index (χ2n) is 4.69. The first-order valence-corrected chi connectivity index (χ1v) is 6.98. The first-order valence-electron chi connectivity index (χ1n) is 6.98. The van der Waals surface area contributed by atoms with E-state index in [9.17, 15) is 0 Å². The van der Waals surface area contributed by atoms with Gasteiger partial charge in [-0.3, -0.25) is 0 Å². The second kappa shape index (κ2) is 7.08. The molecule has 1 aromatic carbocycles. The second-order valence-corrected chi connectivity index (χ2v) is 4.69. The molecular weight excluding hydrogens is 346 g/mol. The Bertz CT molecular complexity index is 820. The van der Waals surface area contributed by atoms with Gasteiger partial charge in [0, 0.05) is 35.9 Å². The van der Waals surface area contributed by atoms with Crippen LogP contribution in [0.2, 0.25) is 0 Å². The van der Waals surface area contributed by atoms with E-state index in [0.717, 1.165) is 11.1 Å². The normalized spacial score (nSPS) is 15.7. The van der Waals surface area contributed by atoms with Crippen molar-refractivity contribution in [2.45, 2.75) is 0 Å². The van der Waals surface area contributed by atoms with E-state index in [0.29, 0.717) is 23.6 Å². The van der Waals surface area contributed by atoms with Crippen molar-refractivity contribution in [1.29, 1.82) is 0 Å². The van der Waals surface area contributed by atoms with Crippen LogP contribution in [0, 0.1) is 0 Å². The van der Waals surface area contributed by atoms with Crippen molar-refractivity contribution in [2.75, 3.05) is 0 Å². The molecule has 3 heterocycles. The fourth-order valence-corrected chi connectivity index (χ4v) is 2.22. The summed E-state index contributed by atoms with van der Waals surface area (Å²) in [5.41, 5.74) is 1.88. The summed E-state index contributed by atoms with van der Waals surface area (Å²) in [6.07, 6.45) is 6.61. The SMILES string of the molecule is [Fe+2].c1cnc(N=C2NC(=Nc3ncccn3)c3ccccc32)nc1. The van der Waals surface area contributed by atoms with E-state index < -0.39 is 0 Å². The number of hydrogen-bond acceptors (Lipinski definition) is 6. The predicted octanol–water partition coefficient (Wildman–Crippen LogP) is 2.02. The Hall–Kier alpha value is -2.96. The minimum absolute atomic E-state index is 0. The van der Waals surface area contributed by atoms with E-state index in [1.807, 2.05) is 24.3 Å². The number of aromatic nitrogens is 4. The molecule has 1 aliphatic heterocycles. The Morgan fingerprint density at radius 1 is 0.625 bits per heavy atom. The number of amidine groups is 2. The third kappa shape index (κ3) is 3.19. The van der Waals surface area contributed by atoms with Crippen LogP contribution in [0.4, 0.5) is 11.9 Å². The van der Waals surface area contributed by atoms with Gasteiger partial charge in [0.15, 0.2) is 0 Å². The summed E-state index contributed by atoms with van der Waals surface area (Å²) in [6.45, 7) is 0. The minimum atomic E-state index is 0. The fraction of sp³-hybridized carbons (Fsp3) is 0.